The Hall–Kier alpha value is -3.24. The Morgan fingerprint density at radius 3 is 2.62 bits per heavy atom. The number of aliphatic hydroxyl groups is 1. The number of aromatic nitrogens is 2. The van der Waals surface area contributed by atoms with Crippen LogP contribution in [0.15, 0.2) is 59.7 Å². The molecule has 0 saturated heterocycles. The molecule has 1 aromatic heterocycles. The van der Waals surface area contributed by atoms with Crippen LogP contribution < -0.4 is 0 Å². The van der Waals surface area contributed by atoms with Gasteiger partial charge in [0.15, 0.2) is 0 Å². The summed E-state index contributed by atoms with van der Waals surface area (Å²) in [6.45, 7) is 7.61. The van der Waals surface area contributed by atoms with Gasteiger partial charge in [0.25, 0.3) is 5.91 Å². The van der Waals surface area contributed by atoms with E-state index in [1.165, 1.54) is 11.8 Å². The van der Waals surface area contributed by atoms with E-state index in [2.05, 4.69) is 16.4 Å². The van der Waals surface area contributed by atoms with Gasteiger partial charge in [-0.2, -0.15) is 0 Å². The van der Waals surface area contributed by atoms with Gasteiger partial charge in [0.2, 0.25) is 0 Å². The van der Waals surface area contributed by atoms with Crippen molar-refractivity contribution < 1.29 is 18.7 Å². The molecule has 168 valence electrons. The van der Waals surface area contributed by atoms with Gasteiger partial charge in [-0.3, -0.25) is 4.79 Å². The van der Waals surface area contributed by atoms with Gasteiger partial charge in [-0.25, -0.2) is 13.8 Å². The minimum Gasteiger partial charge on any atom is -0.384 e. The average Bonchev–Trinajstić information content (AvgIpc) is 3.11. The third-order valence-electron chi connectivity index (χ3n) is 5.22. The smallest absolute Gasteiger partial charge is 0.251 e. The predicted octanol–water partition coefficient (Wildman–Crippen LogP) is 4.56. The molecule has 0 radical (unpaired) electrons. The van der Waals surface area contributed by atoms with Crippen molar-refractivity contribution in [3.8, 4) is 11.3 Å². The van der Waals surface area contributed by atoms with E-state index < -0.39 is 35.1 Å². The van der Waals surface area contributed by atoms with Crippen LogP contribution in [0.3, 0.4) is 0 Å². The Labute approximate surface area is 186 Å². The number of allylic oxidation sites excluding steroid dienone is 4. The van der Waals surface area contributed by atoms with E-state index in [1.807, 2.05) is 32.9 Å². The Balaban J connectivity index is 2.20. The molecule has 5 nitrogen and oxygen atoms in total. The second-order valence-electron chi connectivity index (χ2n) is 8.95. The van der Waals surface area contributed by atoms with Crippen molar-refractivity contribution in [1.29, 1.82) is 0 Å². The standard InChI is InChI=1S/C25H27F2N3O2/c1-16(31)24(32)29(5)22(25(2,3)4)23-28-21(19-13-18(26)11-12-20(19)27)15-30(23)14-17-9-7-6-8-10-17/h6-7,9,11-13,15-16,22,31H,14H2,1-5H3/t16?,22-/m0/s1. The SMILES string of the molecule is CC(O)C(=O)N(C)[C@@H](c1nc(-c2cc(F)ccc2F)cn1CC1=C=C=CC=C1)C(C)(C)C. The van der Waals surface area contributed by atoms with Gasteiger partial charge < -0.3 is 14.6 Å². The molecule has 1 aliphatic rings. The minimum absolute atomic E-state index is 0.0331. The summed E-state index contributed by atoms with van der Waals surface area (Å²) in [4.78, 5) is 18.8. The van der Waals surface area contributed by atoms with Crippen molar-refractivity contribution in [3.63, 3.8) is 0 Å². The summed E-state index contributed by atoms with van der Waals surface area (Å²) in [5.41, 5.74) is 6.56. The molecule has 2 aromatic rings. The van der Waals surface area contributed by atoms with Crippen LogP contribution in [-0.2, 0) is 11.3 Å². The lowest BCUT2D eigenvalue weighted by Gasteiger charge is -2.38. The number of benzene rings is 1. The number of carbonyl (C=O) groups excluding carboxylic acids is 1. The first kappa shape index (κ1) is 23.4. The zero-order chi connectivity index (χ0) is 23.6. The fourth-order valence-corrected chi connectivity index (χ4v) is 3.83. The highest BCUT2D eigenvalue weighted by molar-refractivity contribution is 5.80. The number of carbonyl (C=O) groups is 1. The van der Waals surface area contributed by atoms with Crippen LogP contribution in [0.2, 0.25) is 0 Å². The van der Waals surface area contributed by atoms with E-state index in [0.717, 1.165) is 23.8 Å². The first-order valence-corrected chi connectivity index (χ1v) is 10.3. The Morgan fingerprint density at radius 2 is 2.03 bits per heavy atom. The number of rotatable bonds is 6. The van der Waals surface area contributed by atoms with Crippen molar-refractivity contribution in [2.45, 2.75) is 46.4 Å². The lowest BCUT2D eigenvalue weighted by molar-refractivity contribution is -0.142. The van der Waals surface area contributed by atoms with Crippen molar-refractivity contribution in [3.05, 3.63) is 77.1 Å². The molecule has 1 aromatic carbocycles. The highest BCUT2D eigenvalue weighted by Crippen LogP contribution is 2.39. The first-order valence-electron chi connectivity index (χ1n) is 10.3. The van der Waals surface area contributed by atoms with E-state index >= 15 is 0 Å². The summed E-state index contributed by atoms with van der Waals surface area (Å²) in [5.74, 6) is -1.14. The number of likely N-dealkylation sites (N-methyl/N-ethyl adjacent to an activating group) is 1. The number of nitrogens with zero attached hydrogens (tertiary/aromatic N) is 3. The van der Waals surface area contributed by atoms with E-state index in [1.54, 1.807) is 23.9 Å². The number of imidazole rings is 1. The number of aliphatic hydroxyl groups excluding tert-OH is 1. The molecule has 7 heteroatoms. The van der Waals surface area contributed by atoms with Gasteiger partial charge in [0.05, 0.1) is 18.3 Å². The second-order valence-corrected chi connectivity index (χ2v) is 8.95. The monoisotopic (exact) mass is 439 g/mol. The van der Waals surface area contributed by atoms with Gasteiger partial charge in [-0.1, -0.05) is 38.3 Å². The minimum atomic E-state index is -1.19. The van der Waals surface area contributed by atoms with Crippen molar-refractivity contribution in [1.82, 2.24) is 14.5 Å². The van der Waals surface area contributed by atoms with Crippen LogP contribution in [0, 0.1) is 17.0 Å². The lowest BCUT2D eigenvalue weighted by Crippen LogP contribution is -2.43. The maximum Gasteiger partial charge on any atom is 0.251 e. The van der Waals surface area contributed by atoms with Crippen molar-refractivity contribution in [2.24, 2.45) is 5.41 Å². The highest BCUT2D eigenvalue weighted by atomic mass is 19.1. The second kappa shape index (κ2) is 9.09. The van der Waals surface area contributed by atoms with Crippen LogP contribution >= 0.6 is 0 Å². The predicted molar refractivity (Wildman–Crippen MR) is 118 cm³/mol. The fraction of sp³-hybridized carbons (Fsp3) is 0.360. The topological polar surface area (TPSA) is 58.4 Å². The number of halogens is 2. The van der Waals surface area contributed by atoms with Gasteiger partial charge in [-0.05, 0) is 42.7 Å². The van der Waals surface area contributed by atoms with Gasteiger partial charge in [0, 0.05) is 24.4 Å². The van der Waals surface area contributed by atoms with Crippen LogP contribution in [0.5, 0.6) is 0 Å². The zero-order valence-corrected chi connectivity index (χ0v) is 18.9. The molecule has 3 rings (SSSR count). The summed E-state index contributed by atoms with van der Waals surface area (Å²) in [6.07, 6.45) is 5.90. The Morgan fingerprint density at radius 1 is 1.31 bits per heavy atom. The highest BCUT2D eigenvalue weighted by Gasteiger charge is 2.37. The molecule has 0 spiro atoms. The number of amides is 1. The van der Waals surface area contributed by atoms with E-state index in [-0.39, 0.29) is 11.3 Å². The van der Waals surface area contributed by atoms with Gasteiger partial charge in [-0.15, -0.1) is 0 Å². The Kier molecular flexibility index (Phi) is 6.65. The third-order valence-corrected chi connectivity index (χ3v) is 5.22. The molecular formula is C25H27F2N3O2. The van der Waals surface area contributed by atoms with E-state index in [9.17, 15) is 18.7 Å². The summed E-state index contributed by atoms with van der Waals surface area (Å²) < 4.78 is 30.2. The molecular weight excluding hydrogens is 412 g/mol. The molecule has 1 amide bonds. The maximum absolute atomic E-state index is 14.5. The third kappa shape index (κ3) is 4.97. The molecule has 0 bridgehead atoms. The summed E-state index contributed by atoms with van der Waals surface area (Å²) in [7, 11) is 1.61. The summed E-state index contributed by atoms with van der Waals surface area (Å²) >= 11 is 0. The Bertz CT molecular complexity index is 1160. The molecule has 1 unspecified atom stereocenters. The van der Waals surface area contributed by atoms with Crippen LogP contribution in [0.4, 0.5) is 8.78 Å². The molecule has 1 N–H and O–H groups in total. The van der Waals surface area contributed by atoms with E-state index in [0.29, 0.717) is 12.4 Å². The quantitative estimate of drug-likeness (QED) is 0.672. The molecule has 0 fully saturated rings. The van der Waals surface area contributed by atoms with Crippen LogP contribution in [0.1, 0.15) is 39.6 Å². The van der Waals surface area contributed by atoms with E-state index in [4.69, 9.17) is 0 Å². The summed E-state index contributed by atoms with van der Waals surface area (Å²) in [5, 5.41) is 9.89. The maximum atomic E-state index is 14.5. The number of hydrogen-bond donors (Lipinski definition) is 1. The van der Waals surface area contributed by atoms with Crippen molar-refractivity contribution in [2.75, 3.05) is 7.05 Å². The molecule has 0 saturated carbocycles. The molecule has 0 aliphatic heterocycles. The first-order chi connectivity index (χ1) is 15.0. The summed E-state index contributed by atoms with van der Waals surface area (Å²) in [6, 6.07) is 2.67. The van der Waals surface area contributed by atoms with Gasteiger partial charge >= 0.3 is 0 Å². The zero-order valence-electron chi connectivity index (χ0n) is 18.9. The molecule has 2 atom stereocenters. The molecule has 1 aliphatic carbocycles. The lowest BCUT2D eigenvalue weighted by atomic mass is 9.84. The number of hydrogen-bond acceptors (Lipinski definition) is 3. The fourth-order valence-electron chi connectivity index (χ4n) is 3.83. The normalized spacial score (nSPS) is 14.9. The largest absolute Gasteiger partial charge is 0.384 e. The average molecular weight is 440 g/mol. The van der Waals surface area contributed by atoms with Crippen LogP contribution in [-0.4, -0.2) is 38.6 Å². The van der Waals surface area contributed by atoms with Crippen LogP contribution in [0.25, 0.3) is 11.3 Å². The van der Waals surface area contributed by atoms with Crippen molar-refractivity contribution >= 4 is 5.91 Å². The molecule has 32 heavy (non-hydrogen) atoms. The molecule has 1 heterocycles. The van der Waals surface area contributed by atoms with Gasteiger partial charge in [0.1, 0.15) is 23.6 Å².